The minimum absolute atomic E-state index is 0.101. The standard InChI is InChI=1S/C12H17N3O3S2/c1-2-4-13-7-10-6-12(19-9-10)20(16,17)15-8-11-3-5-14-18-11/h3,5-6,9,13,15H,2,4,7-8H2,1H3. The maximum atomic E-state index is 12.1. The molecule has 110 valence electrons. The van der Waals surface area contributed by atoms with Crippen molar-refractivity contribution in [3.8, 4) is 0 Å². The van der Waals surface area contributed by atoms with Crippen LogP contribution in [0, 0.1) is 0 Å². The highest BCUT2D eigenvalue weighted by molar-refractivity contribution is 7.91. The number of hydrogen-bond acceptors (Lipinski definition) is 6. The molecule has 2 N–H and O–H groups in total. The summed E-state index contributed by atoms with van der Waals surface area (Å²) in [7, 11) is -3.49. The number of nitrogens with zero attached hydrogens (tertiary/aromatic N) is 1. The second-order valence-corrected chi connectivity index (χ2v) is 7.16. The van der Waals surface area contributed by atoms with Gasteiger partial charge in [-0.15, -0.1) is 11.3 Å². The minimum Gasteiger partial charge on any atom is -0.360 e. The second-order valence-electron chi connectivity index (χ2n) is 4.25. The van der Waals surface area contributed by atoms with Crippen LogP contribution in [0.5, 0.6) is 0 Å². The van der Waals surface area contributed by atoms with Crippen LogP contribution in [0.25, 0.3) is 0 Å². The molecule has 2 aromatic heterocycles. The van der Waals surface area contributed by atoms with Gasteiger partial charge in [0.05, 0.1) is 12.7 Å². The molecule has 0 saturated carbocycles. The Kier molecular flexibility index (Phi) is 5.30. The minimum atomic E-state index is -3.49. The van der Waals surface area contributed by atoms with Gasteiger partial charge in [-0.1, -0.05) is 12.1 Å². The number of thiophene rings is 1. The Morgan fingerprint density at radius 2 is 2.25 bits per heavy atom. The van der Waals surface area contributed by atoms with Gasteiger partial charge < -0.3 is 9.84 Å². The Labute approximate surface area is 122 Å². The summed E-state index contributed by atoms with van der Waals surface area (Å²) in [5.41, 5.74) is 0.975. The summed E-state index contributed by atoms with van der Waals surface area (Å²) in [5, 5.41) is 8.62. The zero-order chi connectivity index (χ0) is 14.4. The fourth-order valence-electron chi connectivity index (χ4n) is 1.57. The zero-order valence-electron chi connectivity index (χ0n) is 11.1. The Hall–Kier alpha value is -1.22. The van der Waals surface area contributed by atoms with Crippen molar-refractivity contribution in [1.82, 2.24) is 15.2 Å². The van der Waals surface area contributed by atoms with Crippen LogP contribution >= 0.6 is 11.3 Å². The fraction of sp³-hybridized carbons (Fsp3) is 0.417. The normalized spacial score (nSPS) is 11.8. The van der Waals surface area contributed by atoms with Gasteiger partial charge in [-0.2, -0.15) is 0 Å². The molecule has 0 radical (unpaired) electrons. The lowest BCUT2D eigenvalue weighted by atomic mass is 10.3. The van der Waals surface area contributed by atoms with Crippen molar-refractivity contribution < 1.29 is 12.9 Å². The monoisotopic (exact) mass is 315 g/mol. The molecular formula is C12H17N3O3S2. The SMILES string of the molecule is CCCNCc1csc(S(=O)(=O)NCc2ccno2)c1. The molecule has 0 bridgehead atoms. The first-order chi connectivity index (χ1) is 9.62. The van der Waals surface area contributed by atoms with Gasteiger partial charge in [0.25, 0.3) is 0 Å². The second kappa shape index (κ2) is 6.98. The van der Waals surface area contributed by atoms with Gasteiger partial charge in [0.2, 0.25) is 10.0 Å². The largest absolute Gasteiger partial charge is 0.360 e. The molecule has 2 heterocycles. The first-order valence-electron chi connectivity index (χ1n) is 6.29. The van der Waals surface area contributed by atoms with E-state index in [0.29, 0.717) is 16.5 Å². The summed E-state index contributed by atoms with van der Waals surface area (Å²) in [6, 6.07) is 3.31. The van der Waals surface area contributed by atoms with Crippen LogP contribution in [0.1, 0.15) is 24.7 Å². The van der Waals surface area contributed by atoms with E-state index >= 15 is 0 Å². The van der Waals surface area contributed by atoms with Gasteiger partial charge in [-0.3, -0.25) is 0 Å². The van der Waals surface area contributed by atoms with Gasteiger partial charge in [-0.25, -0.2) is 13.1 Å². The van der Waals surface area contributed by atoms with Crippen LogP contribution < -0.4 is 10.0 Å². The molecule has 0 aliphatic heterocycles. The highest BCUT2D eigenvalue weighted by Gasteiger charge is 2.17. The van der Waals surface area contributed by atoms with E-state index in [-0.39, 0.29) is 6.54 Å². The quantitative estimate of drug-likeness (QED) is 0.725. The number of aromatic nitrogens is 1. The Morgan fingerprint density at radius 3 is 2.95 bits per heavy atom. The van der Waals surface area contributed by atoms with E-state index in [0.717, 1.165) is 18.5 Å². The van der Waals surface area contributed by atoms with E-state index in [4.69, 9.17) is 4.52 Å². The van der Waals surface area contributed by atoms with Crippen LogP contribution in [0.3, 0.4) is 0 Å². The van der Waals surface area contributed by atoms with Crippen molar-refractivity contribution in [3.05, 3.63) is 35.0 Å². The summed E-state index contributed by atoms with van der Waals surface area (Å²) >= 11 is 1.22. The smallest absolute Gasteiger partial charge is 0.250 e. The number of sulfonamides is 1. The predicted molar refractivity (Wildman–Crippen MR) is 76.8 cm³/mol. The molecular weight excluding hydrogens is 298 g/mol. The molecule has 0 aliphatic carbocycles. The maximum absolute atomic E-state index is 12.1. The van der Waals surface area contributed by atoms with E-state index in [2.05, 4.69) is 22.1 Å². The van der Waals surface area contributed by atoms with Crippen molar-refractivity contribution in [1.29, 1.82) is 0 Å². The molecule has 0 aliphatic rings. The third-order valence-corrected chi connectivity index (χ3v) is 5.47. The lowest BCUT2D eigenvalue weighted by Crippen LogP contribution is -2.22. The van der Waals surface area contributed by atoms with Crippen LogP contribution in [-0.4, -0.2) is 20.1 Å². The summed E-state index contributed by atoms with van der Waals surface area (Å²) in [4.78, 5) is 0. The number of rotatable bonds is 8. The maximum Gasteiger partial charge on any atom is 0.250 e. The molecule has 0 spiro atoms. The number of hydrogen-bond donors (Lipinski definition) is 2. The van der Waals surface area contributed by atoms with E-state index in [1.165, 1.54) is 17.5 Å². The Balaban J connectivity index is 1.95. The molecule has 8 heteroatoms. The van der Waals surface area contributed by atoms with E-state index in [9.17, 15) is 8.42 Å². The molecule has 0 unspecified atom stereocenters. The Bertz CT molecular complexity index is 620. The van der Waals surface area contributed by atoms with Crippen molar-refractivity contribution in [2.75, 3.05) is 6.54 Å². The molecule has 0 atom stereocenters. The van der Waals surface area contributed by atoms with Crippen LogP contribution in [0.2, 0.25) is 0 Å². The highest BCUT2D eigenvalue weighted by Crippen LogP contribution is 2.20. The van der Waals surface area contributed by atoms with Crippen molar-refractivity contribution in [2.45, 2.75) is 30.6 Å². The van der Waals surface area contributed by atoms with Gasteiger partial charge >= 0.3 is 0 Å². The first kappa shape index (κ1) is 15.2. The topological polar surface area (TPSA) is 84.2 Å². The Morgan fingerprint density at radius 1 is 1.40 bits per heavy atom. The highest BCUT2D eigenvalue weighted by atomic mass is 32.2. The van der Waals surface area contributed by atoms with Crippen LogP contribution in [-0.2, 0) is 23.1 Å². The molecule has 0 amide bonds. The molecule has 20 heavy (non-hydrogen) atoms. The molecule has 0 fully saturated rings. The van der Waals surface area contributed by atoms with Crippen LogP contribution in [0.15, 0.2) is 32.4 Å². The third kappa shape index (κ3) is 4.14. The molecule has 0 aromatic carbocycles. The lowest BCUT2D eigenvalue weighted by Gasteiger charge is -2.02. The number of nitrogens with one attached hydrogen (secondary N) is 2. The average molecular weight is 315 g/mol. The van der Waals surface area contributed by atoms with Gasteiger partial charge in [0.15, 0.2) is 5.76 Å². The average Bonchev–Trinajstić information content (AvgIpc) is 3.08. The summed E-state index contributed by atoms with van der Waals surface area (Å²) < 4.78 is 31.8. The molecule has 2 rings (SSSR count). The molecule has 6 nitrogen and oxygen atoms in total. The lowest BCUT2D eigenvalue weighted by molar-refractivity contribution is 0.380. The van der Waals surface area contributed by atoms with E-state index in [1.54, 1.807) is 12.1 Å². The van der Waals surface area contributed by atoms with E-state index < -0.39 is 10.0 Å². The summed E-state index contributed by atoms with van der Waals surface area (Å²) in [6.07, 6.45) is 2.53. The zero-order valence-corrected chi connectivity index (χ0v) is 12.8. The van der Waals surface area contributed by atoms with Gasteiger partial charge in [-0.05, 0) is 30.0 Å². The fourth-order valence-corrected chi connectivity index (χ4v) is 3.81. The van der Waals surface area contributed by atoms with Gasteiger partial charge in [0.1, 0.15) is 4.21 Å². The molecule has 0 saturated heterocycles. The first-order valence-corrected chi connectivity index (χ1v) is 8.65. The predicted octanol–water partition coefficient (Wildman–Crippen LogP) is 1.71. The van der Waals surface area contributed by atoms with Crippen LogP contribution in [0.4, 0.5) is 0 Å². The van der Waals surface area contributed by atoms with E-state index in [1.807, 2.05) is 5.38 Å². The van der Waals surface area contributed by atoms with Crippen molar-refractivity contribution in [3.63, 3.8) is 0 Å². The van der Waals surface area contributed by atoms with Gasteiger partial charge in [0, 0.05) is 12.6 Å². The third-order valence-electron chi connectivity index (χ3n) is 2.58. The summed E-state index contributed by atoms with van der Waals surface area (Å²) in [5.74, 6) is 0.481. The van der Waals surface area contributed by atoms with Crippen molar-refractivity contribution in [2.24, 2.45) is 0 Å². The molecule has 2 aromatic rings. The summed E-state index contributed by atoms with van der Waals surface area (Å²) in [6.45, 7) is 3.79. The van der Waals surface area contributed by atoms with Crippen molar-refractivity contribution >= 4 is 21.4 Å².